The molecule has 6 rings (SSSR count). The average molecular weight is 491 g/mol. The fourth-order valence-electron chi connectivity index (χ4n) is 5.20. The topological polar surface area (TPSA) is 125 Å². The van der Waals surface area contributed by atoms with Gasteiger partial charge in [0.1, 0.15) is 23.4 Å². The minimum absolute atomic E-state index is 0.160. The molecule has 9 nitrogen and oxygen atoms in total. The number of nitrogens with one attached hydrogen (secondary N) is 2. The second-order valence-corrected chi connectivity index (χ2v) is 10.2. The van der Waals surface area contributed by atoms with Crippen LogP contribution in [0, 0.1) is 5.41 Å². The highest BCUT2D eigenvalue weighted by Gasteiger charge is 2.67. The summed E-state index contributed by atoms with van der Waals surface area (Å²) in [6.45, 7) is -0.272. The molecule has 1 saturated carbocycles. The maximum atomic E-state index is 13.0. The average Bonchev–Trinajstić information content (AvgIpc) is 3.17. The molecule has 3 aliphatic rings. The monoisotopic (exact) mass is 490 g/mol. The summed E-state index contributed by atoms with van der Waals surface area (Å²) in [4.78, 5) is 48.4. The summed E-state index contributed by atoms with van der Waals surface area (Å²) in [7, 11) is 0. The summed E-state index contributed by atoms with van der Waals surface area (Å²) in [6, 6.07) is 11.8. The van der Waals surface area contributed by atoms with Crippen molar-refractivity contribution in [1.29, 1.82) is 0 Å². The molecule has 3 aromatic rings. The molecule has 0 spiro atoms. The molecular formula is C25H22N4O5S. The van der Waals surface area contributed by atoms with Crippen molar-refractivity contribution in [2.45, 2.75) is 41.1 Å². The number of aromatic amines is 1. The molecule has 10 heteroatoms. The van der Waals surface area contributed by atoms with E-state index in [2.05, 4.69) is 15.3 Å². The summed E-state index contributed by atoms with van der Waals surface area (Å²) in [5.74, 6) is 0.258. The Morgan fingerprint density at radius 3 is 2.80 bits per heavy atom. The Hall–Kier alpha value is -3.79. The molecular weight excluding hydrogens is 468 g/mol. The number of carbonyl (C=O) groups excluding carboxylic acids is 2. The van der Waals surface area contributed by atoms with Gasteiger partial charge in [0, 0.05) is 35.8 Å². The van der Waals surface area contributed by atoms with Crippen LogP contribution in [0.4, 0.5) is 0 Å². The number of hydrogen-bond donors (Lipinski definition) is 3. The van der Waals surface area contributed by atoms with Crippen LogP contribution >= 0.6 is 11.8 Å². The van der Waals surface area contributed by atoms with Crippen LogP contribution in [-0.2, 0) is 16.0 Å². The van der Waals surface area contributed by atoms with Crippen LogP contribution in [0.5, 0.6) is 11.5 Å². The van der Waals surface area contributed by atoms with Crippen molar-refractivity contribution in [3.63, 3.8) is 0 Å². The molecule has 0 radical (unpaired) electrons. The first-order valence-corrected chi connectivity index (χ1v) is 12.1. The lowest BCUT2D eigenvalue weighted by atomic mass is 9.95. The summed E-state index contributed by atoms with van der Waals surface area (Å²) in [6.07, 6.45) is 5.11. The Kier molecular flexibility index (Phi) is 5.06. The molecule has 0 unspecified atom stereocenters. The minimum atomic E-state index is -1.03. The van der Waals surface area contributed by atoms with Crippen LogP contribution in [0.25, 0.3) is 0 Å². The van der Waals surface area contributed by atoms with Crippen molar-refractivity contribution in [3.8, 4) is 11.5 Å². The molecule has 2 aliphatic heterocycles. The summed E-state index contributed by atoms with van der Waals surface area (Å²) < 4.78 is 5.94. The number of H-pyrrole nitrogens is 1. The molecule has 0 bridgehead atoms. The first-order valence-electron chi connectivity index (χ1n) is 11.3. The predicted molar refractivity (Wildman–Crippen MR) is 125 cm³/mol. The van der Waals surface area contributed by atoms with Gasteiger partial charge in [0.05, 0.1) is 16.3 Å². The van der Waals surface area contributed by atoms with E-state index in [9.17, 15) is 19.5 Å². The van der Waals surface area contributed by atoms with E-state index in [0.717, 1.165) is 27.8 Å². The van der Waals surface area contributed by atoms with Crippen molar-refractivity contribution in [3.05, 3.63) is 66.2 Å². The van der Waals surface area contributed by atoms with Crippen LogP contribution in [0.15, 0.2) is 64.6 Å². The number of para-hydroxylation sites is 1. The fourth-order valence-corrected chi connectivity index (χ4v) is 6.13. The van der Waals surface area contributed by atoms with Crippen LogP contribution in [-0.4, -0.2) is 56.4 Å². The van der Waals surface area contributed by atoms with E-state index >= 15 is 0 Å². The van der Waals surface area contributed by atoms with E-state index in [1.807, 2.05) is 30.3 Å². The summed E-state index contributed by atoms with van der Waals surface area (Å²) >= 11 is 1.57. The van der Waals surface area contributed by atoms with Crippen molar-refractivity contribution < 1.29 is 24.2 Å². The Morgan fingerprint density at radius 1 is 1.17 bits per heavy atom. The van der Waals surface area contributed by atoms with Gasteiger partial charge in [0.2, 0.25) is 5.91 Å². The number of imidazole rings is 1. The maximum Gasteiger partial charge on any atom is 0.326 e. The van der Waals surface area contributed by atoms with Crippen molar-refractivity contribution in [2.75, 3.05) is 6.54 Å². The number of carboxylic acids is 1. The number of piperidine rings is 1. The number of aliphatic carboxylic acids is 1. The summed E-state index contributed by atoms with van der Waals surface area (Å²) in [5, 5.41) is 12.4. The number of fused-ring (bicyclic) bond motifs is 3. The van der Waals surface area contributed by atoms with E-state index in [1.165, 1.54) is 4.90 Å². The fraction of sp³-hybridized carbons (Fsp3) is 0.280. The largest absolute Gasteiger partial charge is 0.480 e. The number of carbonyl (C=O) groups is 3. The Morgan fingerprint density at radius 2 is 2.00 bits per heavy atom. The predicted octanol–water partition coefficient (Wildman–Crippen LogP) is 3.08. The van der Waals surface area contributed by atoms with Gasteiger partial charge in [0.25, 0.3) is 5.91 Å². The third-order valence-electron chi connectivity index (χ3n) is 6.96. The summed E-state index contributed by atoms with van der Waals surface area (Å²) in [5.41, 5.74) is 0.0935. The highest BCUT2D eigenvalue weighted by Crippen LogP contribution is 2.61. The lowest BCUT2D eigenvalue weighted by Gasteiger charge is -2.24. The number of hydrogen-bond acceptors (Lipinski definition) is 6. The molecule has 1 saturated heterocycles. The molecule has 3 heterocycles. The van der Waals surface area contributed by atoms with Gasteiger partial charge in [0.15, 0.2) is 0 Å². The Bertz CT molecular complexity index is 1340. The maximum absolute atomic E-state index is 13.0. The number of likely N-dealkylation sites (tertiary alicyclic amines) is 1. The number of carboxylic acid groups (broad SMARTS) is 1. The van der Waals surface area contributed by atoms with Crippen LogP contribution < -0.4 is 10.1 Å². The second-order valence-electron chi connectivity index (χ2n) is 9.15. The van der Waals surface area contributed by atoms with Gasteiger partial charge in [-0.3, -0.25) is 9.59 Å². The number of benzene rings is 2. The number of ether oxygens (including phenoxy) is 1. The lowest BCUT2D eigenvalue weighted by molar-refractivity contribution is -0.149. The molecule has 2 aromatic carbocycles. The van der Waals surface area contributed by atoms with Gasteiger partial charge in [-0.05, 0) is 43.2 Å². The number of aromatic nitrogens is 2. The van der Waals surface area contributed by atoms with E-state index in [-0.39, 0.29) is 18.0 Å². The Balaban J connectivity index is 1.12. The highest BCUT2D eigenvalue weighted by atomic mass is 32.2. The third kappa shape index (κ3) is 3.83. The molecule has 35 heavy (non-hydrogen) atoms. The van der Waals surface area contributed by atoms with Crippen LogP contribution in [0.1, 0.15) is 29.0 Å². The van der Waals surface area contributed by atoms with Crippen molar-refractivity contribution in [1.82, 2.24) is 20.2 Å². The number of rotatable bonds is 6. The van der Waals surface area contributed by atoms with Gasteiger partial charge in [-0.15, -0.1) is 0 Å². The van der Waals surface area contributed by atoms with Gasteiger partial charge in [-0.25, -0.2) is 9.78 Å². The highest BCUT2D eigenvalue weighted by molar-refractivity contribution is 7.99. The molecule has 3 N–H and O–H groups in total. The molecule has 2 amide bonds. The lowest BCUT2D eigenvalue weighted by Crippen LogP contribution is -2.47. The zero-order valence-electron chi connectivity index (χ0n) is 18.6. The van der Waals surface area contributed by atoms with Gasteiger partial charge < -0.3 is 25.0 Å². The number of nitrogens with zero attached hydrogens (tertiary/aromatic N) is 2. The van der Waals surface area contributed by atoms with Gasteiger partial charge in [-0.2, -0.15) is 0 Å². The Labute approximate surface area is 204 Å². The molecule has 178 valence electrons. The molecule has 2 fully saturated rings. The van der Waals surface area contributed by atoms with Crippen LogP contribution in [0.3, 0.4) is 0 Å². The normalized spacial score (nSPS) is 23.5. The van der Waals surface area contributed by atoms with Crippen molar-refractivity contribution >= 4 is 29.5 Å². The SMILES string of the molecule is O=C(NCC(=O)N1[C@H]2C[C@@]2(Cc2ncc[nH]2)C[C@H]1C(=O)O)c1ccc2c(c1)Oc1ccccc1S2. The molecule has 3 atom stereocenters. The van der Waals surface area contributed by atoms with Crippen LogP contribution in [0.2, 0.25) is 0 Å². The van der Waals surface area contributed by atoms with Crippen molar-refractivity contribution in [2.24, 2.45) is 5.41 Å². The first-order chi connectivity index (χ1) is 16.9. The zero-order valence-corrected chi connectivity index (χ0v) is 19.4. The zero-order chi connectivity index (χ0) is 24.2. The third-order valence-corrected chi connectivity index (χ3v) is 8.07. The minimum Gasteiger partial charge on any atom is -0.480 e. The van der Waals surface area contributed by atoms with E-state index in [4.69, 9.17) is 4.74 Å². The van der Waals surface area contributed by atoms with Gasteiger partial charge in [-0.1, -0.05) is 23.9 Å². The van der Waals surface area contributed by atoms with Gasteiger partial charge >= 0.3 is 5.97 Å². The van der Waals surface area contributed by atoms with E-state index in [0.29, 0.717) is 24.2 Å². The van der Waals surface area contributed by atoms with E-state index in [1.54, 1.807) is 36.3 Å². The number of amides is 2. The standard InChI is InChI=1S/C25H22N4O5S/c30-22(29-15(24(32)33)10-25(11-20(25)29)12-21-26-7-8-27-21)13-28-23(31)14-5-6-19-17(9-14)34-16-3-1-2-4-18(16)35-19/h1-9,15,20H,10-13H2,(H,26,27)(H,28,31)(H,32,33)/t15-,20-,25+/m0/s1. The quantitative estimate of drug-likeness (QED) is 0.379. The van der Waals surface area contributed by atoms with E-state index < -0.39 is 23.8 Å². The second kappa shape index (κ2) is 8.16. The first kappa shape index (κ1) is 21.7. The molecule has 1 aromatic heterocycles. The molecule has 1 aliphatic carbocycles. The smallest absolute Gasteiger partial charge is 0.326 e.